The zero-order valence-electron chi connectivity index (χ0n) is 14.5. The van der Waals surface area contributed by atoms with Crippen molar-refractivity contribution < 1.29 is 9.90 Å². The summed E-state index contributed by atoms with van der Waals surface area (Å²) in [6, 6.07) is 26.9. The van der Waals surface area contributed by atoms with Crippen molar-refractivity contribution in [3.05, 3.63) is 112 Å². The Kier molecular flexibility index (Phi) is 4.82. The van der Waals surface area contributed by atoms with E-state index in [4.69, 9.17) is 0 Å². The van der Waals surface area contributed by atoms with E-state index in [9.17, 15) is 9.90 Å². The van der Waals surface area contributed by atoms with Crippen molar-refractivity contribution in [1.82, 2.24) is 4.90 Å². The molecular weight excluding hydrogens is 402 g/mol. The third-order valence-electron chi connectivity index (χ3n) is 4.78. The number of hydrogen-bond acceptors (Lipinski definition) is 2. The van der Waals surface area contributed by atoms with E-state index in [1.54, 1.807) is 4.90 Å². The van der Waals surface area contributed by atoms with Crippen molar-refractivity contribution >= 4 is 27.4 Å². The van der Waals surface area contributed by atoms with E-state index in [1.807, 2.05) is 84.9 Å². The summed E-state index contributed by atoms with van der Waals surface area (Å²) in [6.45, 7) is 0.423. The van der Waals surface area contributed by atoms with E-state index in [0.717, 1.165) is 21.2 Å². The average molecular weight is 420 g/mol. The van der Waals surface area contributed by atoms with Crippen LogP contribution in [0.1, 0.15) is 22.7 Å². The molecule has 1 aliphatic rings. The lowest BCUT2D eigenvalue weighted by Crippen LogP contribution is -2.30. The maximum atomic E-state index is 13.0. The third kappa shape index (κ3) is 3.28. The number of benzene rings is 3. The Balaban J connectivity index is 1.85. The summed E-state index contributed by atoms with van der Waals surface area (Å²) in [4.78, 5) is 14.7. The molecule has 1 atom stereocenters. The lowest BCUT2D eigenvalue weighted by atomic mass is 9.93. The van der Waals surface area contributed by atoms with Crippen LogP contribution in [0.3, 0.4) is 0 Å². The van der Waals surface area contributed by atoms with Crippen LogP contribution in [0.2, 0.25) is 0 Å². The first-order valence-electron chi connectivity index (χ1n) is 8.74. The smallest absolute Gasteiger partial charge is 0.290 e. The number of aliphatic hydroxyl groups excluding tert-OH is 1. The van der Waals surface area contributed by atoms with Gasteiger partial charge in [-0.3, -0.25) is 4.79 Å². The van der Waals surface area contributed by atoms with Crippen LogP contribution < -0.4 is 0 Å². The third-order valence-corrected chi connectivity index (χ3v) is 5.51. The molecule has 1 heterocycles. The summed E-state index contributed by atoms with van der Waals surface area (Å²) in [6.07, 6.45) is 0. The minimum Gasteiger partial charge on any atom is -0.503 e. The molecule has 27 heavy (non-hydrogen) atoms. The number of nitrogens with zero attached hydrogens (tertiary/aromatic N) is 1. The minimum atomic E-state index is -0.365. The molecule has 3 aromatic carbocycles. The van der Waals surface area contributed by atoms with Gasteiger partial charge >= 0.3 is 0 Å². The molecule has 0 radical (unpaired) electrons. The molecule has 0 aliphatic carbocycles. The maximum absolute atomic E-state index is 13.0. The van der Waals surface area contributed by atoms with Crippen LogP contribution in [0.4, 0.5) is 0 Å². The predicted octanol–water partition coefficient (Wildman–Crippen LogP) is 5.50. The fourth-order valence-electron chi connectivity index (χ4n) is 3.53. The molecule has 0 saturated heterocycles. The highest BCUT2D eigenvalue weighted by Crippen LogP contribution is 2.45. The SMILES string of the molecule is O=C1C(O)=C(c2ccccc2)C(c2ccccc2Br)N1Cc1ccccc1. The van der Waals surface area contributed by atoms with E-state index in [0.29, 0.717) is 12.1 Å². The normalized spacial score (nSPS) is 16.9. The van der Waals surface area contributed by atoms with Crippen molar-refractivity contribution in [3.8, 4) is 0 Å². The van der Waals surface area contributed by atoms with Gasteiger partial charge in [0.15, 0.2) is 5.76 Å². The number of rotatable bonds is 4. The summed E-state index contributed by atoms with van der Waals surface area (Å²) in [5.74, 6) is -0.531. The fourth-order valence-corrected chi connectivity index (χ4v) is 4.03. The predicted molar refractivity (Wildman–Crippen MR) is 110 cm³/mol. The molecule has 3 nitrogen and oxygen atoms in total. The average Bonchev–Trinajstić information content (AvgIpc) is 2.95. The first-order chi connectivity index (χ1) is 13.2. The highest BCUT2D eigenvalue weighted by Gasteiger charge is 2.41. The highest BCUT2D eigenvalue weighted by atomic mass is 79.9. The number of carbonyl (C=O) groups is 1. The molecule has 0 fully saturated rings. The number of amides is 1. The summed E-state index contributed by atoms with van der Waals surface area (Å²) in [5.41, 5.74) is 3.46. The van der Waals surface area contributed by atoms with Gasteiger partial charge < -0.3 is 10.0 Å². The van der Waals surface area contributed by atoms with Crippen LogP contribution in [0.5, 0.6) is 0 Å². The van der Waals surface area contributed by atoms with Gasteiger partial charge in [0.1, 0.15) is 0 Å². The number of hydrogen-bond donors (Lipinski definition) is 1. The molecule has 1 amide bonds. The van der Waals surface area contributed by atoms with Gasteiger partial charge in [0.25, 0.3) is 5.91 Å². The Morgan fingerprint density at radius 3 is 2.11 bits per heavy atom. The minimum absolute atomic E-state index is 0.183. The van der Waals surface area contributed by atoms with Gasteiger partial charge in [-0.1, -0.05) is 94.8 Å². The van der Waals surface area contributed by atoms with Crippen LogP contribution in [-0.4, -0.2) is 15.9 Å². The van der Waals surface area contributed by atoms with Gasteiger partial charge in [-0.15, -0.1) is 0 Å². The summed E-state index contributed by atoms with van der Waals surface area (Å²) < 4.78 is 0.906. The fraction of sp³-hybridized carbons (Fsp3) is 0.0870. The van der Waals surface area contributed by atoms with Crippen molar-refractivity contribution in [2.45, 2.75) is 12.6 Å². The van der Waals surface area contributed by atoms with Crippen molar-refractivity contribution in [3.63, 3.8) is 0 Å². The highest BCUT2D eigenvalue weighted by molar-refractivity contribution is 9.10. The Morgan fingerprint density at radius 1 is 0.852 bits per heavy atom. The zero-order chi connectivity index (χ0) is 18.8. The van der Waals surface area contributed by atoms with Crippen molar-refractivity contribution in [2.24, 2.45) is 0 Å². The summed E-state index contributed by atoms with van der Waals surface area (Å²) in [5, 5.41) is 10.8. The van der Waals surface area contributed by atoms with E-state index in [2.05, 4.69) is 15.9 Å². The quantitative estimate of drug-likeness (QED) is 0.606. The van der Waals surface area contributed by atoms with Crippen LogP contribution in [0, 0.1) is 0 Å². The largest absolute Gasteiger partial charge is 0.503 e. The van der Waals surface area contributed by atoms with Crippen molar-refractivity contribution in [2.75, 3.05) is 0 Å². The first kappa shape index (κ1) is 17.6. The van der Waals surface area contributed by atoms with E-state index >= 15 is 0 Å². The molecule has 0 aromatic heterocycles. The van der Waals surface area contributed by atoms with Crippen LogP contribution >= 0.6 is 15.9 Å². The van der Waals surface area contributed by atoms with Gasteiger partial charge in [-0.2, -0.15) is 0 Å². The number of carbonyl (C=O) groups excluding carboxylic acids is 1. The molecular formula is C23H18BrNO2. The van der Waals surface area contributed by atoms with Gasteiger partial charge in [0.2, 0.25) is 0 Å². The van der Waals surface area contributed by atoms with Gasteiger partial charge in [0.05, 0.1) is 6.04 Å². The Labute approximate surface area is 166 Å². The zero-order valence-corrected chi connectivity index (χ0v) is 16.1. The number of aliphatic hydroxyl groups is 1. The second-order valence-electron chi connectivity index (χ2n) is 6.47. The molecule has 4 rings (SSSR count). The maximum Gasteiger partial charge on any atom is 0.290 e. The molecule has 134 valence electrons. The van der Waals surface area contributed by atoms with E-state index in [-0.39, 0.29) is 17.7 Å². The molecule has 1 N–H and O–H groups in total. The van der Waals surface area contributed by atoms with Crippen LogP contribution in [-0.2, 0) is 11.3 Å². The monoisotopic (exact) mass is 419 g/mol. The van der Waals surface area contributed by atoms with Crippen LogP contribution in [0.25, 0.3) is 5.57 Å². The lowest BCUT2D eigenvalue weighted by Gasteiger charge is -2.28. The second-order valence-corrected chi connectivity index (χ2v) is 7.33. The Bertz CT molecular complexity index is 999. The molecule has 0 bridgehead atoms. The van der Waals surface area contributed by atoms with Gasteiger partial charge in [0, 0.05) is 16.6 Å². The standard InChI is InChI=1S/C23H18BrNO2/c24-19-14-8-7-13-18(19)21-20(17-11-5-2-6-12-17)22(26)23(27)25(21)15-16-9-3-1-4-10-16/h1-14,21,26H,15H2. The summed E-state index contributed by atoms with van der Waals surface area (Å²) >= 11 is 3.62. The summed E-state index contributed by atoms with van der Waals surface area (Å²) in [7, 11) is 0. The molecule has 1 aliphatic heterocycles. The van der Waals surface area contributed by atoms with Crippen molar-refractivity contribution in [1.29, 1.82) is 0 Å². The van der Waals surface area contributed by atoms with E-state index < -0.39 is 0 Å². The lowest BCUT2D eigenvalue weighted by molar-refractivity contribution is -0.130. The van der Waals surface area contributed by atoms with Gasteiger partial charge in [-0.25, -0.2) is 0 Å². The van der Waals surface area contributed by atoms with Crippen LogP contribution in [0.15, 0.2) is 95.2 Å². The first-order valence-corrected chi connectivity index (χ1v) is 9.54. The Morgan fingerprint density at radius 2 is 1.44 bits per heavy atom. The molecule has 0 saturated carbocycles. The second kappa shape index (κ2) is 7.41. The molecule has 0 spiro atoms. The number of halogens is 1. The Hall–Kier alpha value is -2.85. The molecule has 3 aromatic rings. The van der Waals surface area contributed by atoms with E-state index in [1.165, 1.54) is 0 Å². The topological polar surface area (TPSA) is 40.5 Å². The van der Waals surface area contributed by atoms with Gasteiger partial charge in [-0.05, 0) is 22.8 Å². The molecule has 1 unspecified atom stereocenters. The molecule has 4 heteroatoms.